The lowest BCUT2D eigenvalue weighted by Crippen LogP contribution is -1.90. The number of fused-ring (bicyclic) bond motifs is 1. The summed E-state index contributed by atoms with van der Waals surface area (Å²) < 4.78 is 0.866. The van der Waals surface area contributed by atoms with Gasteiger partial charge in [-0.2, -0.15) is 0 Å². The predicted molar refractivity (Wildman–Crippen MR) is 56.4 cm³/mol. The van der Waals surface area contributed by atoms with E-state index >= 15 is 0 Å². The van der Waals surface area contributed by atoms with Crippen LogP contribution in [0.2, 0.25) is 0 Å². The van der Waals surface area contributed by atoms with Gasteiger partial charge in [0.25, 0.3) is 0 Å². The molecule has 3 N–H and O–H groups in total. The van der Waals surface area contributed by atoms with Gasteiger partial charge in [0.15, 0.2) is 5.75 Å². The van der Waals surface area contributed by atoms with Crippen molar-refractivity contribution in [1.82, 2.24) is 4.98 Å². The third-order valence-corrected chi connectivity index (χ3v) is 2.85. The maximum Gasteiger partial charge on any atom is 0.151 e. The maximum atomic E-state index is 9.39. The van der Waals surface area contributed by atoms with Crippen LogP contribution in [-0.2, 0) is 6.54 Å². The zero-order chi connectivity index (χ0) is 8.55. The van der Waals surface area contributed by atoms with Gasteiger partial charge in [-0.15, -0.1) is 23.7 Å². The summed E-state index contributed by atoms with van der Waals surface area (Å²) in [4.78, 5) is 4.94. The molecule has 0 radical (unpaired) electrons. The molecule has 0 aliphatic carbocycles. The van der Waals surface area contributed by atoms with Crippen LogP contribution in [0.4, 0.5) is 0 Å². The van der Waals surface area contributed by atoms with Gasteiger partial charge in [0.1, 0.15) is 0 Å². The molecule has 0 saturated heterocycles. The Labute approximate surface area is 85.6 Å². The van der Waals surface area contributed by atoms with Crippen LogP contribution < -0.4 is 5.73 Å². The third-order valence-electron chi connectivity index (χ3n) is 1.66. The van der Waals surface area contributed by atoms with Gasteiger partial charge in [0, 0.05) is 23.0 Å². The van der Waals surface area contributed by atoms with Gasteiger partial charge in [-0.05, 0) is 6.07 Å². The first-order valence-electron chi connectivity index (χ1n) is 3.56. The van der Waals surface area contributed by atoms with Crippen molar-refractivity contribution in [3.05, 3.63) is 23.3 Å². The zero-order valence-electron chi connectivity index (χ0n) is 6.73. The van der Waals surface area contributed by atoms with Gasteiger partial charge in [0.05, 0.1) is 10.9 Å². The van der Waals surface area contributed by atoms with Crippen molar-refractivity contribution in [1.29, 1.82) is 0 Å². The van der Waals surface area contributed by atoms with Crippen molar-refractivity contribution in [2.75, 3.05) is 0 Å². The molecule has 3 nitrogen and oxygen atoms in total. The summed E-state index contributed by atoms with van der Waals surface area (Å²) in [5, 5.41) is 10.3. The molecule has 13 heavy (non-hydrogen) atoms. The van der Waals surface area contributed by atoms with Crippen LogP contribution in [0, 0.1) is 0 Å². The van der Waals surface area contributed by atoms with Gasteiger partial charge in [-0.1, -0.05) is 0 Å². The molecule has 0 amide bonds. The summed E-state index contributed by atoms with van der Waals surface area (Å²) in [5.74, 6) is 0.234. The number of pyridine rings is 1. The van der Waals surface area contributed by atoms with E-state index in [1.54, 1.807) is 6.20 Å². The molecule has 2 aromatic rings. The highest BCUT2D eigenvalue weighted by molar-refractivity contribution is 7.19. The van der Waals surface area contributed by atoms with Gasteiger partial charge < -0.3 is 10.8 Å². The number of hydrogen-bond acceptors (Lipinski definition) is 4. The van der Waals surface area contributed by atoms with Gasteiger partial charge in [0.2, 0.25) is 0 Å². The Morgan fingerprint density at radius 1 is 1.46 bits per heavy atom. The molecule has 0 aliphatic rings. The van der Waals surface area contributed by atoms with E-state index in [0.29, 0.717) is 6.54 Å². The Kier molecular flexibility index (Phi) is 3.08. The van der Waals surface area contributed by atoms with Crippen LogP contribution in [0.1, 0.15) is 4.88 Å². The molecule has 5 heteroatoms. The molecule has 0 aliphatic heterocycles. The minimum atomic E-state index is 0. The van der Waals surface area contributed by atoms with E-state index in [2.05, 4.69) is 4.98 Å². The van der Waals surface area contributed by atoms with E-state index in [4.69, 9.17) is 5.73 Å². The number of nitrogens with two attached hydrogens (primary N) is 1. The molecule has 0 spiro atoms. The molecule has 0 saturated carbocycles. The Morgan fingerprint density at radius 3 is 2.85 bits per heavy atom. The lowest BCUT2D eigenvalue weighted by Gasteiger charge is -1.90. The topological polar surface area (TPSA) is 59.1 Å². The van der Waals surface area contributed by atoms with Crippen LogP contribution >= 0.6 is 23.7 Å². The Morgan fingerprint density at radius 2 is 2.23 bits per heavy atom. The summed E-state index contributed by atoms with van der Waals surface area (Å²) in [5.41, 5.74) is 5.47. The first-order valence-corrected chi connectivity index (χ1v) is 4.38. The van der Waals surface area contributed by atoms with Gasteiger partial charge in [-0.3, -0.25) is 4.98 Å². The molecule has 0 bridgehead atoms. The van der Waals surface area contributed by atoms with Crippen LogP contribution in [0.3, 0.4) is 0 Å². The molecular weight excluding hydrogens is 208 g/mol. The van der Waals surface area contributed by atoms with Gasteiger partial charge >= 0.3 is 0 Å². The van der Waals surface area contributed by atoms with Crippen molar-refractivity contribution < 1.29 is 5.11 Å². The van der Waals surface area contributed by atoms with E-state index in [1.165, 1.54) is 17.5 Å². The van der Waals surface area contributed by atoms with Crippen molar-refractivity contribution in [2.24, 2.45) is 5.73 Å². The van der Waals surface area contributed by atoms with E-state index < -0.39 is 0 Å². The highest BCUT2D eigenvalue weighted by atomic mass is 35.5. The second-order valence-electron chi connectivity index (χ2n) is 2.49. The quantitative estimate of drug-likeness (QED) is 0.765. The number of rotatable bonds is 1. The van der Waals surface area contributed by atoms with Crippen LogP contribution in [0.15, 0.2) is 18.5 Å². The van der Waals surface area contributed by atoms with Crippen molar-refractivity contribution in [3.8, 4) is 5.75 Å². The third kappa shape index (κ3) is 1.75. The number of hydrogen-bond donors (Lipinski definition) is 2. The Balaban J connectivity index is 0.000000845. The molecule has 2 heterocycles. The second kappa shape index (κ2) is 3.91. The number of nitrogens with zero attached hydrogens (tertiary/aromatic N) is 1. The van der Waals surface area contributed by atoms with Gasteiger partial charge in [-0.25, -0.2) is 0 Å². The van der Waals surface area contributed by atoms with Crippen molar-refractivity contribution in [3.63, 3.8) is 0 Å². The molecular formula is C8H9ClN2OS. The van der Waals surface area contributed by atoms with E-state index in [0.717, 1.165) is 15.0 Å². The number of aromatic nitrogens is 1. The standard InChI is InChI=1S/C8H8N2OS.ClH/c9-2-6-1-5-3-10-4-7(11)8(5)12-6;/h1,3-4,11H,2,9H2;1H. The number of thiophene rings is 1. The molecule has 2 rings (SSSR count). The first kappa shape index (κ1) is 10.2. The highest BCUT2D eigenvalue weighted by Crippen LogP contribution is 2.31. The lowest BCUT2D eigenvalue weighted by atomic mass is 10.3. The van der Waals surface area contributed by atoms with Crippen LogP contribution in [-0.4, -0.2) is 10.1 Å². The van der Waals surface area contributed by atoms with E-state index in [1.807, 2.05) is 6.07 Å². The maximum absolute atomic E-state index is 9.39. The Bertz CT molecular complexity index is 415. The number of halogens is 1. The molecule has 2 aromatic heterocycles. The molecule has 0 unspecified atom stereocenters. The van der Waals surface area contributed by atoms with Crippen molar-refractivity contribution in [2.45, 2.75) is 6.54 Å². The largest absolute Gasteiger partial charge is 0.505 e. The minimum absolute atomic E-state index is 0. The first-order chi connectivity index (χ1) is 5.81. The summed E-state index contributed by atoms with van der Waals surface area (Å²) >= 11 is 1.51. The summed E-state index contributed by atoms with van der Waals surface area (Å²) in [6, 6.07) is 1.95. The molecule has 0 aromatic carbocycles. The lowest BCUT2D eigenvalue weighted by molar-refractivity contribution is 0.480. The fraction of sp³-hybridized carbons (Fsp3) is 0.125. The smallest absolute Gasteiger partial charge is 0.151 e. The summed E-state index contributed by atoms with van der Waals surface area (Å²) in [7, 11) is 0. The van der Waals surface area contributed by atoms with Crippen LogP contribution in [0.5, 0.6) is 5.75 Å². The fourth-order valence-electron chi connectivity index (χ4n) is 1.10. The van der Waals surface area contributed by atoms with Crippen molar-refractivity contribution >= 4 is 33.8 Å². The SMILES string of the molecule is Cl.NCc1cc2cncc(O)c2s1. The number of aromatic hydroxyl groups is 1. The summed E-state index contributed by atoms with van der Waals surface area (Å²) in [6.07, 6.45) is 3.17. The normalized spacial score (nSPS) is 9.92. The average Bonchev–Trinajstić information content (AvgIpc) is 2.49. The molecule has 70 valence electrons. The zero-order valence-corrected chi connectivity index (χ0v) is 8.36. The summed E-state index contributed by atoms with van der Waals surface area (Å²) in [6.45, 7) is 0.513. The monoisotopic (exact) mass is 216 g/mol. The predicted octanol–water partition coefficient (Wildman–Crippen LogP) is 1.88. The van der Waals surface area contributed by atoms with Crippen LogP contribution in [0.25, 0.3) is 10.1 Å². The van der Waals surface area contributed by atoms with E-state index in [-0.39, 0.29) is 18.2 Å². The molecule has 0 atom stereocenters. The second-order valence-corrected chi connectivity index (χ2v) is 3.63. The Hall–Kier alpha value is -0.840. The molecule has 0 fully saturated rings. The highest BCUT2D eigenvalue weighted by Gasteiger charge is 2.03. The fourth-order valence-corrected chi connectivity index (χ4v) is 2.02. The minimum Gasteiger partial charge on any atom is -0.505 e. The van der Waals surface area contributed by atoms with E-state index in [9.17, 15) is 5.11 Å². The average molecular weight is 217 g/mol.